The van der Waals surface area contributed by atoms with E-state index in [-0.39, 0.29) is 35.0 Å². The molecule has 4 fully saturated rings. The molecule has 0 aliphatic heterocycles. The van der Waals surface area contributed by atoms with Gasteiger partial charge in [-0.3, -0.25) is 9.59 Å². The molecule has 0 aromatic carbocycles. The van der Waals surface area contributed by atoms with E-state index < -0.39 is 0 Å². The van der Waals surface area contributed by atoms with Crippen LogP contribution in [-0.4, -0.2) is 24.1 Å². The maximum atomic E-state index is 12.4. The first-order valence-corrected chi connectivity index (χ1v) is 13.8. The largest absolute Gasteiger partial charge is 0.463 e. The van der Waals surface area contributed by atoms with Crippen LogP contribution in [0.5, 0.6) is 0 Å². The molecule has 0 bridgehead atoms. The molecule has 34 heavy (non-hydrogen) atoms. The van der Waals surface area contributed by atoms with Crippen LogP contribution in [0.4, 0.5) is 0 Å². The summed E-state index contributed by atoms with van der Waals surface area (Å²) in [5.41, 5.74) is 0.405. The van der Waals surface area contributed by atoms with Crippen molar-refractivity contribution >= 4 is 11.9 Å². The van der Waals surface area contributed by atoms with Gasteiger partial charge in [0.2, 0.25) is 0 Å². The van der Waals surface area contributed by atoms with Gasteiger partial charge in [0.1, 0.15) is 12.2 Å². The molecule has 4 aliphatic rings. The van der Waals surface area contributed by atoms with Gasteiger partial charge in [0.25, 0.3) is 0 Å². The van der Waals surface area contributed by atoms with E-state index in [2.05, 4.69) is 33.8 Å². The first kappa shape index (κ1) is 25.5. The van der Waals surface area contributed by atoms with Gasteiger partial charge >= 0.3 is 11.9 Å². The van der Waals surface area contributed by atoms with Gasteiger partial charge in [0, 0.05) is 26.2 Å². The molecule has 0 amide bonds. The lowest BCUT2D eigenvalue weighted by Crippen LogP contribution is -2.63. The second-order valence-corrected chi connectivity index (χ2v) is 12.6. The van der Waals surface area contributed by atoms with Crippen molar-refractivity contribution in [3.8, 4) is 6.07 Å². The summed E-state index contributed by atoms with van der Waals surface area (Å²) in [7, 11) is 0. The molecule has 3 unspecified atom stereocenters. The highest BCUT2D eigenvalue weighted by Crippen LogP contribution is 2.70. The third-order valence-corrected chi connectivity index (χ3v) is 11.1. The molecule has 11 atom stereocenters. The lowest BCUT2D eigenvalue weighted by atomic mass is 9.41. The van der Waals surface area contributed by atoms with Gasteiger partial charge in [-0.15, -0.1) is 0 Å². The lowest BCUT2D eigenvalue weighted by molar-refractivity contribution is -0.219. The van der Waals surface area contributed by atoms with Gasteiger partial charge < -0.3 is 9.47 Å². The quantitative estimate of drug-likeness (QED) is 0.440. The zero-order valence-corrected chi connectivity index (χ0v) is 22.1. The Morgan fingerprint density at radius 2 is 1.62 bits per heavy atom. The van der Waals surface area contributed by atoms with Crippen LogP contribution in [0.1, 0.15) is 99.3 Å². The molecular weight excluding hydrogens is 426 g/mol. The molecule has 0 N–H and O–H groups in total. The normalized spacial score (nSPS) is 46.3. The van der Waals surface area contributed by atoms with E-state index >= 15 is 0 Å². The second-order valence-electron chi connectivity index (χ2n) is 12.6. The standard InChI is InChI=1S/C29H45NO4/c1-7-21-25-16-20(33-18(3)31)10-13-29(25,6)24-11-14-28(5)22(17(2)12-15-30)8-9-23(28)26(24)27(21)34-19(4)32/h17,20-27H,7-14,16H2,1-6H3/t17-,20-,21-,22-,23?,24?,25+,26?,27-,28-,29-/m1/s1. The molecule has 0 aromatic heterocycles. The Morgan fingerprint density at radius 1 is 0.971 bits per heavy atom. The highest BCUT2D eigenvalue weighted by Gasteiger charge is 2.66. The van der Waals surface area contributed by atoms with Crippen molar-refractivity contribution < 1.29 is 19.1 Å². The van der Waals surface area contributed by atoms with Crippen LogP contribution in [-0.2, 0) is 19.1 Å². The summed E-state index contributed by atoms with van der Waals surface area (Å²) in [4.78, 5) is 24.1. The first-order chi connectivity index (χ1) is 16.1. The molecule has 5 nitrogen and oxygen atoms in total. The Kier molecular flexibility index (Phi) is 7.11. The molecule has 4 rings (SSSR count). The lowest BCUT2D eigenvalue weighted by Gasteiger charge is -2.65. The fourth-order valence-corrected chi connectivity index (χ4v) is 9.87. The van der Waals surface area contributed by atoms with Crippen molar-refractivity contribution in [2.75, 3.05) is 0 Å². The molecule has 0 spiro atoms. The summed E-state index contributed by atoms with van der Waals surface area (Å²) >= 11 is 0. The van der Waals surface area contributed by atoms with Crippen LogP contribution in [0, 0.1) is 63.6 Å². The van der Waals surface area contributed by atoms with E-state index in [4.69, 9.17) is 9.47 Å². The van der Waals surface area contributed by atoms with Crippen molar-refractivity contribution in [2.45, 2.75) is 112 Å². The van der Waals surface area contributed by atoms with Crippen LogP contribution in [0.3, 0.4) is 0 Å². The smallest absolute Gasteiger partial charge is 0.302 e. The molecule has 4 saturated carbocycles. The van der Waals surface area contributed by atoms with Crippen LogP contribution in [0.15, 0.2) is 0 Å². The number of rotatable bonds is 5. The number of fused-ring (bicyclic) bond motifs is 5. The van der Waals surface area contributed by atoms with Crippen molar-refractivity contribution in [1.82, 2.24) is 0 Å². The van der Waals surface area contributed by atoms with Crippen LogP contribution in [0.2, 0.25) is 0 Å². The molecule has 0 heterocycles. The average Bonchev–Trinajstić information content (AvgIpc) is 3.11. The van der Waals surface area contributed by atoms with E-state index in [1.165, 1.54) is 32.6 Å². The van der Waals surface area contributed by atoms with E-state index in [0.717, 1.165) is 25.7 Å². The molecule has 5 heteroatoms. The number of carbonyl (C=O) groups excluding carboxylic acids is 2. The highest BCUT2D eigenvalue weighted by molar-refractivity contribution is 5.66. The molecule has 0 radical (unpaired) electrons. The minimum absolute atomic E-state index is 0.0179. The molecule has 190 valence electrons. The Morgan fingerprint density at radius 3 is 2.24 bits per heavy atom. The van der Waals surface area contributed by atoms with Crippen molar-refractivity contribution in [3.63, 3.8) is 0 Å². The minimum atomic E-state index is -0.191. The van der Waals surface area contributed by atoms with E-state index in [9.17, 15) is 14.9 Å². The fourth-order valence-electron chi connectivity index (χ4n) is 9.87. The van der Waals surface area contributed by atoms with Crippen molar-refractivity contribution in [1.29, 1.82) is 5.26 Å². The van der Waals surface area contributed by atoms with Gasteiger partial charge in [-0.25, -0.2) is 0 Å². The fraction of sp³-hybridized carbons (Fsp3) is 0.897. The van der Waals surface area contributed by atoms with Gasteiger partial charge in [-0.2, -0.15) is 5.26 Å². The van der Waals surface area contributed by atoms with Gasteiger partial charge in [0.15, 0.2) is 0 Å². The zero-order valence-electron chi connectivity index (χ0n) is 22.1. The average molecular weight is 472 g/mol. The number of hydrogen-bond acceptors (Lipinski definition) is 5. The Bertz CT molecular complexity index is 834. The summed E-state index contributed by atoms with van der Waals surface area (Å²) in [5.74, 6) is 2.79. The Hall–Kier alpha value is -1.57. The number of nitrogens with zero attached hydrogens (tertiary/aromatic N) is 1. The number of ether oxygens (including phenoxy) is 2. The Labute approximate surface area is 206 Å². The first-order valence-electron chi connectivity index (χ1n) is 13.8. The maximum Gasteiger partial charge on any atom is 0.302 e. The van der Waals surface area contributed by atoms with Crippen LogP contribution >= 0.6 is 0 Å². The molecule has 4 aliphatic carbocycles. The second kappa shape index (κ2) is 9.47. The number of hydrogen-bond donors (Lipinski definition) is 0. The third-order valence-electron chi connectivity index (χ3n) is 11.1. The summed E-state index contributed by atoms with van der Waals surface area (Å²) in [6.45, 7) is 12.6. The number of esters is 2. The predicted octanol–water partition coefficient (Wildman–Crippen LogP) is 6.30. The molecule has 0 saturated heterocycles. The van der Waals surface area contributed by atoms with Crippen LogP contribution in [0.25, 0.3) is 0 Å². The summed E-state index contributed by atoms with van der Waals surface area (Å²) in [6, 6.07) is 2.42. The summed E-state index contributed by atoms with van der Waals surface area (Å²) in [6.07, 6.45) is 9.19. The molecular formula is C29H45NO4. The summed E-state index contributed by atoms with van der Waals surface area (Å²) < 4.78 is 12.0. The van der Waals surface area contributed by atoms with Gasteiger partial charge in [0.05, 0.1) is 6.07 Å². The highest BCUT2D eigenvalue weighted by atomic mass is 16.5. The minimum Gasteiger partial charge on any atom is -0.463 e. The van der Waals surface area contributed by atoms with E-state index in [0.29, 0.717) is 47.8 Å². The number of nitriles is 1. The zero-order chi connectivity index (χ0) is 24.8. The SMILES string of the molecule is CC[C@H]1[C@@H](OC(C)=O)C2C3CC[C@H]([C@H](C)CC#N)[C@@]3(C)CCC2[C@@]2(C)CC[C@@H](OC(C)=O)C[C@@H]12. The summed E-state index contributed by atoms with van der Waals surface area (Å²) in [5, 5.41) is 9.37. The van der Waals surface area contributed by atoms with Crippen LogP contribution < -0.4 is 0 Å². The maximum absolute atomic E-state index is 12.4. The van der Waals surface area contributed by atoms with E-state index in [1.807, 2.05) is 0 Å². The molecule has 0 aromatic rings. The topological polar surface area (TPSA) is 76.4 Å². The van der Waals surface area contributed by atoms with Crippen molar-refractivity contribution in [3.05, 3.63) is 0 Å². The third kappa shape index (κ3) is 4.07. The van der Waals surface area contributed by atoms with Crippen molar-refractivity contribution in [2.24, 2.45) is 52.3 Å². The number of carbonyl (C=O) groups is 2. The monoisotopic (exact) mass is 471 g/mol. The van der Waals surface area contributed by atoms with Gasteiger partial charge in [-0.05, 0) is 97.7 Å². The van der Waals surface area contributed by atoms with E-state index in [1.54, 1.807) is 6.92 Å². The Balaban J connectivity index is 1.71. The van der Waals surface area contributed by atoms with Gasteiger partial charge in [-0.1, -0.05) is 27.7 Å². The predicted molar refractivity (Wildman–Crippen MR) is 130 cm³/mol.